The number of rotatable bonds is 3. The molecule has 2 heterocycles. The average Bonchev–Trinajstić information content (AvgIpc) is 2.88. The summed E-state index contributed by atoms with van der Waals surface area (Å²) < 4.78 is 5.17. The Bertz CT molecular complexity index is 684. The molecule has 6 nitrogen and oxygen atoms in total. The van der Waals surface area contributed by atoms with Crippen molar-refractivity contribution in [2.24, 2.45) is 0 Å². The molecule has 0 fully saturated rings. The van der Waals surface area contributed by atoms with Gasteiger partial charge in [0.15, 0.2) is 5.65 Å². The minimum absolute atomic E-state index is 0. The number of hydrogen-bond donors (Lipinski definition) is 2. The van der Waals surface area contributed by atoms with Crippen LogP contribution in [0.15, 0.2) is 36.8 Å². The van der Waals surface area contributed by atoms with Gasteiger partial charge in [-0.2, -0.15) is 5.10 Å². The highest BCUT2D eigenvalue weighted by Crippen LogP contribution is 2.23. The zero-order valence-corrected chi connectivity index (χ0v) is 10.9. The van der Waals surface area contributed by atoms with E-state index >= 15 is 0 Å². The molecule has 3 aromatic rings. The van der Waals surface area contributed by atoms with Crippen molar-refractivity contribution in [2.75, 3.05) is 12.4 Å². The minimum atomic E-state index is 0. The quantitative estimate of drug-likeness (QED) is 0.769. The van der Waals surface area contributed by atoms with Crippen LogP contribution in [0.2, 0.25) is 0 Å². The van der Waals surface area contributed by atoms with Gasteiger partial charge in [-0.3, -0.25) is 5.10 Å². The fraction of sp³-hybridized carbons (Fsp3) is 0.0833. The molecule has 0 spiro atoms. The molecule has 0 saturated carbocycles. The first-order valence-electron chi connectivity index (χ1n) is 5.42. The zero-order valence-electron chi connectivity index (χ0n) is 10.1. The summed E-state index contributed by atoms with van der Waals surface area (Å²) in [6.07, 6.45) is 3.18. The number of nitrogens with one attached hydrogen (secondary N) is 2. The normalized spacial score (nSPS) is 9.95. The molecule has 2 N–H and O–H groups in total. The van der Waals surface area contributed by atoms with Gasteiger partial charge in [0.2, 0.25) is 0 Å². The highest BCUT2D eigenvalue weighted by atomic mass is 35.5. The van der Waals surface area contributed by atoms with Gasteiger partial charge in [-0.1, -0.05) is 6.07 Å². The van der Waals surface area contributed by atoms with E-state index in [1.807, 2.05) is 24.3 Å². The molecule has 0 atom stereocenters. The molecule has 0 aliphatic rings. The van der Waals surface area contributed by atoms with Crippen molar-refractivity contribution in [1.82, 2.24) is 20.2 Å². The Morgan fingerprint density at radius 1 is 1.26 bits per heavy atom. The van der Waals surface area contributed by atoms with Crippen LogP contribution in [0, 0.1) is 0 Å². The minimum Gasteiger partial charge on any atom is -0.497 e. The Kier molecular flexibility index (Phi) is 3.82. The van der Waals surface area contributed by atoms with Gasteiger partial charge in [-0.05, 0) is 12.1 Å². The summed E-state index contributed by atoms with van der Waals surface area (Å²) in [5.41, 5.74) is 1.60. The second kappa shape index (κ2) is 5.53. The van der Waals surface area contributed by atoms with Crippen LogP contribution < -0.4 is 10.1 Å². The van der Waals surface area contributed by atoms with Gasteiger partial charge in [0, 0.05) is 11.8 Å². The third-order valence-corrected chi connectivity index (χ3v) is 2.58. The lowest BCUT2D eigenvalue weighted by atomic mass is 10.3. The topological polar surface area (TPSA) is 75.7 Å². The monoisotopic (exact) mass is 277 g/mol. The van der Waals surface area contributed by atoms with Crippen molar-refractivity contribution in [3.05, 3.63) is 36.8 Å². The highest BCUT2D eigenvalue weighted by Gasteiger charge is 2.05. The second-order valence-corrected chi connectivity index (χ2v) is 3.71. The van der Waals surface area contributed by atoms with E-state index < -0.39 is 0 Å². The number of halogens is 1. The fourth-order valence-corrected chi connectivity index (χ4v) is 1.70. The lowest BCUT2D eigenvalue weighted by Gasteiger charge is -2.07. The molecule has 0 radical (unpaired) electrons. The molecule has 0 amide bonds. The van der Waals surface area contributed by atoms with E-state index in [-0.39, 0.29) is 12.4 Å². The highest BCUT2D eigenvalue weighted by molar-refractivity contribution is 5.87. The number of methoxy groups -OCH3 is 1. The average molecular weight is 278 g/mol. The van der Waals surface area contributed by atoms with E-state index in [0.717, 1.165) is 16.8 Å². The predicted octanol–water partition coefficient (Wildman–Crippen LogP) is 2.53. The van der Waals surface area contributed by atoms with Crippen LogP contribution in [0.25, 0.3) is 11.0 Å². The van der Waals surface area contributed by atoms with Crippen LogP contribution in [0.3, 0.4) is 0 Å². The number of nitrogens with zero attached hydrogens (tertiary/aromatic N) is 3. The second-order valence-electron chi connectivity index (χ2n) is 3.71. The predicted molar refractivity (Wildman–Crippen MR) is 75.2 cm³/mol. The van der Waals surface area contributed by atoms with Crippen molar-refractivity contribution >= 4 is 34.9 Å². The smallest absolute Gasteiger partial charge is 0.160 e. The lowest BCUT2D eigenvalue weighted by molar-refractivity contribution is 0.415. The number of aromatic amines is 1. The Labute approximate surface area is 115 Å². The first-order chi connectivity index (χ1) is 8.86. The van der Waals surface area contributed by atoms with E-state index in [1.54, 1.807) is 13.3 Å². The summed E-state index contributed by atoms with van der Waals surface area (Å²) in [4.78, 5) is 8.29. The van der Waals surface area contributed by atoms with Gasteiger partial charge in [-0.25, -0.2) is 9.97 Å². The Morgan fingerprint density at radius 2 is 2.16 bits per heavy atom. The van der Waals surface area contributed by atoms with Crippen molar-refractivity contribution in [3.8, 4) is 5.75 Å². The van der Waals surface area contributed by atoms with E-state index in [0.29, 0.717) is 11.5 Å². The molecule has 0 bridgehead atoms. The summed E-state index contributed by atoms with van der Waals surface area (Å²) in [5, 5.41) is 10.8. The SMILES string of the molecule is COc1cccc(Nc2ncnc3[nH]ncc23)c1.Cl. The van der Waals surface area contributed by atoms with E-state index in [2.05, 4.69) is 25.5 Å². The Hall–Kier alpha value is -2.34. The molecule has 2 aromatic heterocycles. The molecule has 98 valence electrons. The van der Waals surface area contributed by atoms with Crippen LogP contribution >= 0.6 is 12.4 Å². The van der Waals surface area contributed by atoms with Gasteiger partial charge in [0.05, 0.1) is 18.7 Å². The number of hydrogen-bond acceptors (Lipinski definition) is 5. The molecule has 0 aliphatic heterocycles. The number of ether oxygens (including phenoxy) is 1. The van der Waals surface area contributed by atoms with Gasteiger partial charge < -0.3 is 10.1 Å². The summed E-state index contributed by atoms with van der Waals surface area (Å²) in [6.45, 7) is 0. The first kappa shape index (κ1) is 13.1. The summed E-state index contributed by atoms with van der Waals surface area (Å²) in [5.74, 6) is 1.50. The van der Waals surface area contributed by atoms with Crippen molar-refractivity contribution in [2.45, 2.75) is 0 Å². The van der Waals surface area contributed by atoms with E-state index in [4.69, 9.17) is 4.74 Å². The standard InChI is InChI=1S/C12H11N5O.ClH/c1-18-9-4-2-3-8(5-9)16-11-10-6-15-17-12(10)14-7-13-11;/h2-7H,1H3,(H2,13,14,15,16,17);1H. The first-order valence-corrected chi connectivity index (χ1v) is 5.42. The number of H-pyrrole nitrogens is 1. The third-order valence-electron chi connectivity index (χ3n) is 2.58. The van der Waals surface area contributed by atoms with Crippen LogP contribution in [-0.4, -0.2) is 27.3 Å². The third kappa shape index (κ3) is 2.58. The maximum atomic E-state index is 5.17. The van der Waals surface area contributed by atoms with Crippen LogP contribution in [-0.2, 0) is 0 Å². The maximum absolute atomic E-state index is 5.17. The van der Waals surface area contributed by atoms with Crippen molar-refractivity contribution in [3.63, 3.8) is 0 Å². The molecule has 1 aromatic carbocycles. The molecule has 7 heteroatoms. The van der Waals surface area contributed by atoms with Gasteiger partial charge in [0.25, 0.3) is 0 Å². The van der Waals surface area contributed by atoms with E-state index in [1.165, 1.54) is 6.33 Å². The number of benzene rings is 1. The fourth-order valence-electron chi connectivity index (χ4n) is 1.70. The van der Waals surface area contributed by atoms with Crippen LogP contribution in [0.1, 0.15) is 0 Å². The number of anilines is 2. The molecule has 0 aliphatic carbocycles. The molecular formula is C12H12ClN5O. The van der Waals surface area contributed by atoms with Crippen molar-refractivity contribution < 1.29 is 4.74 Å². The lowest BCUT2D eigenvalue weighted by Crippen LogP contribution is -1.95. The van der Waals surface area contributed by atoms with Crippen molar-refractivity contribution in [1.29, 1.82) is 0 Å². The summed E-state index contributed by atoms with van der Waals surface area (Å²) in [6, 6.07) is 7.64. The summed E-state index contributed by atoms with van der Waals surface area (Å²) in [7, 11) is 1.64. The molecule has 3 rings (SSSR count). The van der Waals surface area contributed by atoms with Crippen LogP contribution in [0.5, 0.6) is 5.75 Å². The molecule has 0 unspecified atom stereocenters. The molecule has 19 heavy (non-hydrogen) atoms. The van der Waals surface area contributed by atoms with Crippen LogP contribution in [0.4, 0.5) is 11.5 Å². The number of aromatic nitrogens is 4. The number of fused-ring (bicyclic) bond motifs is 1. The molecule has 0 saturated heterocycles. The Balaban J connectivity index is 0.00000133. The zero-order chi connectivity index (χ0) is 12.4. The maximum Gasteiger partial charge on any atom is 0.160 e. The Morgan fingerprint density at radius 3 is 3.00 bits per heavy atom. The van der Waals surface area contributed by atoms with Gasteiger partial charge in [0.1, 0.15) is 17.9 Å². The van der Waals surface area contributed by atoms with E-state index in [9.17, 15) is 0 Å². The summed E-state index contributed by atoms with van der Waals surface area (Å²) >= 11 is 0. The molecular weight excluding hydrogens is 266 g/mol. The van der Waals surface area contributed by atoms with Gasteiger partial charge >= 0.3 is 0 Å². The largest absolute Gasteiger partial charge is 0.497 e. The van der Waals surface area contributed by atoms with Gasteiger partial charge in [-0.15, -0.1) is 12.4 Å².